The number of benzene rings is 1. The van der Waals surface area contributed by atoms with Crippen molar-refractivity contribution in [3.8, 4) is 0 Å². The van der Waals surface area contributed by atoms with Gasteiger partial charge in [-0.2, -0.15) is 0 Å². The van der Waals surface area contributed by atoms with Crippen molar-refractivity contribution in [2.45, 2.75) is 209 Å². The SMILES string of the molecule is CCCCCCCCCCCCCCCCCCCCCC(=O)O[C@]12[C@H]3[C@@H](OC(=O)c4ccccc4)[C@](O)(C[C@H]3[C@@]34C5[C@@H]1[C@H](OC)[C@@H]3[C@](COC)(CN5CC)[C@H](O)C[C@@H]4OC)[C@@H](OC)[C@@H]2O. The van der Waals surface area contributed by atoms with Crippen LogP contribution in [-0.2, 0) is 33.2 Å². The molecule has 1 aromatic rings. The Hall–Kier alpha value is -2.16. The van der Waals surface area contributed by atoms with Crippen molar-refractivity contribution in [2.24, 2.45) is 34.5 Å². The second-order valence-electron chi connectivity index (χ2n) is 21.4. The highest BCUT2D eigenvalue weighted by molar-refractivity contribution is 5.89. The van der Waals surface area contributed by atoms with Gasteiger partial charge in [0.15, 0.2) is 5.60 Å². The van der Waals surface area contributed by atoms with Gasteiger partial charge in [0, 0.05) is 82.5 Å². The number of likely N-dealkylation sites (tertiary alicyclic amines) is 1. The van der Waals surface area contributed by atoms with E-state index in [2.05, 4.69) is 18.7 Å². The molecule has 3 N–H and O–H groups in total. The lowest BCUT2D eigenvalue weighted by molar-refractivity contribution is -0.323. The molecule has 6 fully saturated rings. The van der Waals surface area contributed by atoms with Crippen LogP contribution < -0.4 is 0 Å². The molecule has 1 unspecified atom stereocenters. The van der Waals surface area contributed by atoms with Crippen molar-refractivity contribution in [3.63, 3.8) is 0 Å². The van der Waals surface area contributed by atoms with Crippen LogP contribution >= 0.6 is 0 Å². The van der Waals surface area contributed by atoms with Crippen LogP contribution in [0.1, 0.15) is 165 Å². The number of aliphatic hydroxyl groups excluding tert-OH is 2. The van der Waals surface area contributed by atoms with Crippen LogP contribution in [0.3, 0.4) is 0 Å². The summed E-state index contributed by atoms with van der Waals surface area (Å²) >= 11 is 0. The van der Waals surface area contributed by atoms with Gasteiger partial charge in [-0.3, -0.25) is 9.69 Å². The molecule has 6 aliphatic rings. The summed E-state index contributed by atoms with van der Waals surface area (Å²) in [6.45, 7) is 5.71. The van der Waals surface area contributed by atoms with Crippen LogP contribution in [0.15, 0.2) is 30.3 Å². The zero-order valence-corrected chi connectivity index (χ0v) is 41.5. The molecule has 7 rings (SSSR count). The Morgan fingerprint density at radius 3 is 1.82 bits per heavy atom. The molecule has 1 heterocycles. The highest BCUT2D eigenvalue weighted by Crippen LogP contribution is 2.80. The number of aliphatic hydroxyl groups is 3. The summed E-state index contributed by atoms with van der Waals surface area (Å²) in [5, 5.41) is 38.5. The normalized spacial score (nSPS) is 38.4. The maximum atomic E-state index is 14.6. The first kappa shape index (κ1) is 51.7. The minimum absolute atomic E-state index is 0.0886. The van der Waals surface area contributed by atoms with Gasteiger partial charge in [0.25, 0.3) is 0 Å². The second kappa shape index (κ2) is 22.7. The summed E-state index contributed by atoms with van der Waals surface area (Å²) in [4.78, 5) is 31.1. The molecule has 1 aliphatic heterocycles. The highest BCUT2D eigenvalue weighted by Gasteiger charge is 2.92. The third-order valence-electron chi connectivity index (χ3n) is 18.1. The lowest BCUT2D eigenvalue weighted by Crippen LogP contribution is -2.81. The van der Waals surface area contributed by atoms with Gasteiger partial charge < -0.3 is 43.7 Å². The predicted octanol–water partition coefficient (Wildman–Crippen LogP) is 8.45. The quantitative estimate of drug-likeness (QED) is 0.0522. The Labute approximate surface area is 396 Å². The van der Waals surface area contributed by atoms with Crippen molar-refractivity contribution >= 4 is 11.9 Å². The number of nitrogens with zero attached hydrogens (tertiary/aromatic N) is 1. The number of methoxy groups -OCH3 is 4. The Bertz CT molecular complexity index is 1700. The average Bonchev–Trinajstić information content (AvgIpc) is 3.69. The van der Waals surface area contributed by atoms with Gasteiger partial charge in [-0.1, -0.05) is 148 Å². The van der Waals surface area contributed by atoms with Gasteiger partial charge in [-0.25, -0.2) is 4.79 Å². The number of ether oxygens (including phenoxy) is 6. The zero-order valence-electron chi connectivity index (χ0n) is 41.5. The van der Waals surface area contributed by atoms with E-state index in [1.165, 1.54) is 103 Å². The van der Waals surface area contributed by atoms with Crippen LogP contribution in [-0.4, -0.2) is 134 Å². The number of rotatable bonds is 29. The highest BCUT2D eigenvalue weighted by atomic mass is 16.6. The van der Waals surface area contributed by atoms with Crippen molar-refractivity contribution in [1.29, 1.82) is 0 Å². The van der Waals surface area contributed by atoms with Crippen molar-refractivity contribution < 1.29 is 53.3 Å². The van der Waals surface area contributed by atoms with E-state index in [-0.39, 0.29) is 31.4 Å². The molecule has 0 radical (unpaired) electrons. The number of carbonyl (C=O) groups excluding carboxylic acids is 2. The third-order valence-corrected chi connectivity index (χ3v) is 18.1. The monoisotopic (exact) mass is 926 g/mol. The Kier molecular flexibility index (Phi) is 17.8. The second-order valence-corrected chi connectivity index (χ2v) is 21.4. The molecule has 12 nitrogen and oxygen atoms in total. The summed E-state index contributed by atoms with van der Waals surface area (Å²) < 4.78 is 38.8. The summed E-state index contributed by atoms with van der Waals surface area (Å²) in [7, 11) is 6.43. The van der Waals surface area contributed by atoms with E-state index in [1.54, 1.807) is 45.6 Å². The number of fused-ring (bicyclic) bond motifs is 2. The Morgan fingerprint density at radius 1 is 0.727 bits per heavy atom. The largest absolute Gasteiger partial charge is 0.455 e. The van der Waals surface area contributed by atoms with Crippen molar-refractivity contribution in [2.75, 3.05) is 48.1 Å². The molecule has 1 aromatic carbocycles. The first-order chi connectivity index (χ1) is 32.0. The first-order valence-corrected chi connectivity index (χ1v) is 26.4. The standard InChI is InChI=1S/C54H87NO11/c1-7-9-10-11-12-13-14-15-16-17-18-19-20-21-22-23-24-25-29-32-41(57)66-54-42-38(34-52(60,49(64-6)47(54)58)48(42)65-50(59)37-30-27-26-28-31-37)53-40(62-4)33-39(56)51(36-61-3)35-55(8-2)46(53)43(54)44(63-5)45(51)53/h26-28,30-31,38-40,42-49,56,58,60H,7-25,29,32-36H2,1-6H3/t38-,39-,40+,42-,43+,44+,45-,46?,47+,48-,49+,51+,52-,53+,54-/m1/s1. The summed E-state index contributed by atoms with van der Waals surface area (Å²) in [6, 6.07) is 8.34. The van der Waals surface area contributed by atoms with Gasteiger partial charge in [0.05, 0.1) is 30.5 Å². The number of hydrogen-bond donors (Lipinski definition) is 3. The van der Waals surface area contributed by atoms with E-state index in [4.69, 9.17) is 28.4 Å². The lowest BCUT2D eigenvalue weighted by Gasteiger charge is -2.70. The van der Waals surface area contributed by atoms with Crippen molar-refractivity contribution in [1.82, 2.24) is 4.90 Å². The number of piperidine rings is 1. The molecule has 5 saturated carbocycles. The number of unbranched alkanes of at least 4 members (excludes halogenated alkanes) is 18. The van der Waals surface area contributed by atoms with E-state index >= 15 is 0 Å². The molecule has 15 atom stereocenters. The molecule has 1 saturated heterocycles. The van der Waals surface area contributed by atoms with E-state index in [0.29, 0.717) is 31.5 Å². The fraction of sp³-hybridized carbons (Fsp3) is 0.852. The fourth-order valence-corrected chi connectivity index (χ4v) is 15.7. The van der Waals surface area contributed by atoms with Gasteiger partial charge in [-0.05, 0) is 37.4 Å². The Morgan fingerprint density at radius 2 is 1.30 bits per heavy atom. The van der Waals surface area contributed by atoms with E-state index in [0.717, 1.165) is 19.3 Å². The van der Waals surface area contributed by atoms with Gasteiger partial charge in [0.2, 0.25) is 0 Å². The maximum Gasteiger partial charge on any atom is 0.338 e. The van der Waals surface area contributed by atoms with Gasteiger partial charge >= 0.3 is 11.9 Å². The average molecular weight is 926 g/mol. The minimum Gasteiger partial charge on any atom is -0.455 e. The number of hydrogen-bond acceptors (Lipinski definition) is 12. The molecular formula is C54H87NO11. The number of esters is 2. The van der Waals surface area contributed by atoms with Crippen molar-refractivity contribution in [3.05, 3.63) is 35.9 Å². The topological polar surface area (TPSA) is 153 Å². The van der Waals surface area contributed by atoms with Gasteiger partial charge in [0.1, 0.15) is 23.9 Å². The van der Waals surface area contributed by atoms with Crippen LogP contribution in [0.4, 0.5) is 0 Å². The molecule has 7 bridgehead atoms. The molecule has 5 aliphatic carbocycles. The van der Waals surface area contributed by atoms with Gasteiger partial charge in [-0.15, -0.1) is 0 Å². The number of carbonyl (C=O) groups is 2. The molecule has 1 spiro atoms. The molecular weight excluding hydrogens is 839 g/mol. The maximum absolute atomic E-state index is 14.6. The molecule has 0 aromatic heterocycles. The van der Waals surface area contributed by atoms with Crippen LogP contribution in [0, 0.1) is 34.5 Å². The minimum atomic E-state index is -1.85. The van der Waals surface area contributed by atoms with Crippen LogP contribution in [0.2, 0.25) is 0 Å². The summed E-state index contributed by atoms with van der Waals surface area (Å²) in [5.74, 6) is -3.47. The predicted molar refractivity (Wildman–Crippen MR) is 253 cm³/mol. The molecule has 12 heteroatoms. The lowest BCUT2D eigenvalue weighted by atomic mass is 9.42. The van der Waals surface area contributed by atoms with E-state index < -0.39 is 88.3 Å². The first-order valence-electron chi connectivity index (χ1n) is 26.4. The smallest absolute Gasteiger partial charge is 0.338 e. The van der Waals surface area contributed by atoms with E-state index in [9.17, 15) is 24.9 Å². The fourth-order valence-electron chi connectivity index (χ4n) is 15.7. The molecule has 374 valence electrons. The zero-order chi connectivity index (χ0) is 47.1. The molecule has 0 amide bonds. The molecule has 66 heavy (non-hydrogen) atoms. The summed E-state index contributed by atoms with van der Waals surface area (Å²) in [6.07, 6.45) is 18.6. The van der Waals surface area contributed by atoms with Crippen LogP contribution in [0.5, 0.6) is 0 Å². The summed E-state index contributed by atoms with van der Waals surface area (Å²) in [5.41, 5.74) is -4.83. The van der Waals surface area contributed by atoms with E-state index in [1.807, 2.05) is 6.07 Å². The Balaban J connectivity index is 1.07. The van der Waals surface area contributed by atoms with Crippen LogP contribution in [0.25, 0.3) is 0 Å². The third kappa shape index (κ3) is 8.96.